The molecule has 0 heterocycles. The Morgan fingerprint density at radius 3 is 1.97 bits per heavy atom. The van der Waals surface area contributed by atoms with Crippen LogP contribution in [0.5, 0.6) is 0 Å². The predicted molar refractivity (Wildman–Crippen MR) is 146 cm³/mol. The normalized spacial score (nSPS) is 18.4. The lowest BCUT2D eigenvalue weighted by Crippen LogP contribution is -2.14. The van der Waals surface area contributed by atoms with E-state index in [0.29, 0.717) is 5.56 Å². The van der Waals surface area contributed by atoms with E-state index in [0.717, 1.165) is 48.3 Å². The third-order valence-corrected chi connectivity index (χ3v) is 7.69. The summed E-state index contributed by atoms with van der Waals surface area (Å²) in [5, 5.41) is 0. The van der Waals surface area contributed by atoms with Gasteiger partial charge in [-0.05, 0) is 66.7 Å². The van der Waals surface area contributed by atoms with Crippen LogP contribution in [0, 0.1) is 24.6 Å². The van der Waals surface area contributed by atoms with Gasteiger partial charge in [0.25, 0.3) is 0 Å². The van der Waals surface area contributed by atoms with E-state index in [9.17, 15) is 13.2 Å². The highest BCUT2D eigenvalue weighted by atomic mass is 19.4. The van der Waals surface area contributed by atoms with E-state index in [2.05, 4.69) is 6.92 Å². The van der Waals surface area contributed by atoms with Crippen LogP contribution in [0.15, 0.2) is 66.7 Å². The van der Waals surface area contributed by atoms with Crippen molar-refractivity contribution in [3.05, 3.63) is 89.2 Å². The number of allylic oxidation sites excluding steroid dienone is 1. The van der Waals surface area contributed by atoms with Crippen molar-refractivity contribution in [1.82, 2.24) is 0 Å². The van der Waals surface area contributed by atoms with Crippen LogP contribution in [0.2, 0.25) is 0 Å². The predicted octanol–water partition coefficient (Wildman–Crippen LogP) is 10.9. The van der Waals surface area contributed by atoms with Gasteiger partial charge in [0.05, 0.1) is 5.56 Å². The van der Waals surface area contributed by atoms with Crippen molar-refractivity contribution in [2.24, 2.45) is 11.8 Å². The molecule has 0 spiro atoms. The van der Waals surface area contributed by atoms with Crippen LogP contribution in [-0.4, -0.2) is 0 Å². The lowest BCUT2D eigenvalue weighted by molar-refractivity contribution is -0.140. The van der Waals surface area contributed by atoms with Crippen molar-refractivity contribution in [2.75, 3.05) is 0 Å². The van der Waals surface area contributed by atoms with Gasteiger partial charge in [0.2, 0.25) is 0 Å². The second kappa shape index (κ2) is 12.1. The van der Waals surface area contributed by atoms with E-state index < -0.39 is 17.6 Å². The fourth-order valence-corrected chi connectivity index (χ4v) is 5.42. The Morgan fingerprint density at radius 1 is 0.784 bits per heavy atom. The molecule has 1 saturated carbocycles. The summed E-state index contributed by atoms with van der Waals surface area (Å²) in [5.74, 6) is -0.228. The molecule has 0 saturated heterocycles. The minimum atomic E-state index is -4.78. The summed E-state index contributed by atoms with van der Waals surface area (Å²) in [7, 11) is 0. The quantitative estimate of drug-likeness (QED) is 0.210. The van der Waals surface area contributed by atoms with Gasteiger partial charge in [-0.2, -0.15) is 13.2 Å². The maximum absolute atomic E-state index is 15.4. The monoisotopic (exact) mass is 508 g/mol. The summed E-state index contributed by atoms with van der Waals surface area (Å²) < 4.78 is 57.4. The summed E-state index contributed by atoms with van der Waals surface area (Å²) in [5.41, 5.74) is 2.19. The van der Waals surface area contributed by atoms with E-state index in [1.165, 1.54) is 43.9 Å². The first kappa shape index (κ1) is 27.2. The van der Waals surface area contributed by atoms with Gasteiger partial charge in [-0.3, -0.25) is 0 Å². The molecule has 0 atom stereocenters. The van der Waals surface area contributed by atoms with E-state index >= 15 is 4.39 Å². The van der Waals surface area contributed by atoms with Gasteiger partial charge in [0.1, 0.15) is 5.82 Å². The van der Waals surface area contributed by atoms with Crippen molar-refractivity contribution in [3.8, 4) is 22.3 Å². The molecule has 0 N–H and O–H groups in total. The van der Waals surface area contributed by atoms with Crippen molar-refractivity contribution in [3.63, 3.8) is 0 Å². The molecule has 0 aromatic heterocycles. The zero-order chi connectivity index (χ0) is 26.4. The van der Waals surface area contributed by atoms with Gasteiger partial charge >= 0.3 is 6.18 Å². The fourth-order valence-electron chi connectivity index (χ4n) is 5.42. The number of hydrogen-bond donors (Lipinski definition) is 0. The molecule has 4 heteroatoms. The highest BCUT2D eigenvalue weighted by molar-refractivity contribution is 5.73. The Balaban J connectivity index is 1.52. The van der Waals surface area contributed by atoms with Crippen molar-refractivity contribution in [2.45, 2.75) is 71.4 Å². The third kappa shape index (κ3) is 6.91. The summed E-state index contributed by atoms with van der Waals surface area (Å²) in [6.45, 7) is 4.21. The SMILES string of the molecule is CCCCCC1CCC(C=Cc2ccc(-c3ccc(-c4ccc(C)cc4)cc3)c(F)c2C(F)(F)F)CC1. The molecule has 0 nitrogen and oxygen atoms in total. The zero-order valence-electron chi connectivity index (χ0n) is 21.8. The lowest BCUT2D eigenvalue weighted by Gasteiger charge is -2.26. The third-order valence-electron chi connectivity index (χ3n) is 7.69. The summed E-state index contributed by atoms with van der Waals surface area (Å²) >= 11 is 0. The maximum atomic E-state index is 15.4. The van der Waals surface area contributed by atoms with Gasteiger partial charge in [-0.1, -0.05) is 111 Å². The molecule has 1 fully saturated rings. The van der Waals surface area contributed by atoms with Gasteiger partial charge in [0.15, 0.2) is 0 Å². The number of unbranched alkanes of at least 4 members (excludes halogenated alkanes) is 2. The highest BCUT2D eigenvalue weighted by Gasteiger charge is 2.37. The fraction of sp³-hybridized carbons (Fsp3) is 0.394. The Labute approximate surface area is 218 Å². The topological polar surface area (TPSA) is 0 Å². The molecule has 1 aliphatic carbocycles. The second-order valence-corrected chi connectivity index (χ2v) is 10.5. The molecule has 1 aliphatic rings. The Morgan fingerprint density at radius 2 is 1.38 bits per heavy atom. The first-order valence-electron chi connectivity index (χ1n) is 13.5. The maximum Gasteiger partial charge on any atom is 0.419 e. The number of hydrogen-bond acceptors (Lipinski definition) is 0. The first-order valence-corrected chi connectivity index (χ1v) is 13.5. The van der Waals surface area contributed by atoms with Crippen LogP contribution in [0.25, 0.3) is 28.3 Å². The number of halogens is 4. The van der Waals surface area contributed by atoms with Gasteiger partial charge in [-0.15, -0.1) is 0 Å². The highest BCUT2D eigenvalue weighted by Crippen LogP contribution is 2.40. The van der Waals surface area contributed by atoms with E-state index in [1.54, 1.807) is 12.1 Å². The van der Waals surface area contributed by atoms with Gasteiger partial charge in [0, 0.05) is 5.56 Å². The molecule has 3 aromatic carbocycles. The van der Waals surface area contributed by atoms with Gasteiger partial charge < -0.3 is 0 Å². The van der Waals surface area contributed by atoms with Crippen molar-refractivity contribution >= 4 is 6.08 Å². The van der Waals surface area contributed by atoms with Crippen LogP contribution in [0.4, 0.5) is 17.6 Å². The number of aryl methyl sites for hydroxylation is 1. The first-order chi connectivity index (χ1) is 17.8. The summed E-state index contributed by atoms with van der Waals surface area (Å²) in [6.07, 6.45) is 7.78. The molecule has 0 radical (unpaired) electrons. The van der Waals surface area contributed by atoms with Crippen molar-refractivity contribution < 1.29 is 17.6 Å². The second-order valence-electron chi connectivity index (χ2n) is 10.5. The van der Waals surface area contributed by atoms with Gasteiger partial charge in [-0.25, -0.2) is 4.39 Å². The molecule has 3 aromatic rings. The smallest absolute Gasteiger partial charge is 0.206 e. The van der Waals surface area contributed by atoms with Crippen LogP contribution in [-0.2, 0) is 6.18 Å². The minimum absolute atomic E-state index is 0.0347. The molecule has 4 rings (SSSR count). The Bertz CT molecular complexity index is 1180. The molecule has 0 aliphatic heterocycles. The molecule has 196 valence electrons. The summed E-state index contributed by atoms with van der Waals surface area (Å²) in [6, 6.07) is 17.9. The molecule has 0 bridgehead atoms. The molecule has 0 amide bonds. The van der Waals surface area contributed by atoms with E-state index in [4.69, 9.17) is 0 Å². The lowest BCUT2D eigenvalue weighted by atomic mass is 9.79. The zero-order valence-corrected chi connectivity index (χ0v) is 21.8. The van der Waals surface area contributed by atoms with E-state index in [1.807, 2.05) is 49.4 Å². The van der Waals surface area contributed by atoms with Crippen LogP contribution >= 0.6 is 0 Å². The van der Waals surface area contributed by atoms with Crippen molar-refractivity contribution in [1.29, 1.82) is 0 Å². The minimum Gasteiger partial charge on any atom is -0.206 e. The number of benzene rings is 3. The standard InChI is InChI=1S/C33H36F4/c1-3-4-5-6-24-9-11-25(12-10-24)13-16-29-21-22-30(32(34)31(29)33(35,36)37)28-19-17-27(18-20-28)26-14-7-23(2)8-15-26/h7-8,13-22,24-25H,3-6,9-12H2,1-2H3. The van der Waals surface area contributed by atoms with Crippen LogP contribution in [0.1, 0.15) is 75.0 Å². The number of rotatable bonds is 8. The van der Waals surface area contributed by atoms with Crippen LogP contribution < -0.4 is 0 Å². The average Bonchev–Trinajstić information content (AvgIpc) is 2.88. The molecule has 0 unspecified atom stereocenters. The summed E-state index contributed by atoms with van der Waals surface area (Å²) in [4.78, 5) is 0. The number of alkyl halides is 3. The Hall–Kier alpha value is -2.88. The molecular weight excluding hydrogens is 472 g/mol. The average molecular weight is 509 g/mol. The molecular formula is C33H36F4. The van der Waals surface area contributed by atoms with E-state index in [-0.39, 0.29) is 17.0 Å². The largest absolute Gasteiger partial charge is 0.419 e. The Kier molecular flexibility index (Phi) is 8.89. The van der Waals surface area contributed by atoms with Crippen LogP contribution in [0.3, 0.4) is 0 Å². The molecule has 37 heavy (non-hydrogen) atoms.